The van der Waals surface area contributed by atoms with E-state index in [4.69, 9.17) is 21.1 Å². The number of ether oxygens (including phenoxy) is 2. The Bertz CT molecular complexity index is 696. The van der Waals surface area contributed by atoms with Gasteiger partial charge in [0, 0.05) is 29.6 Å². The van der Waals surface area contributed by atoms with E-state index >= 15 is 0 Å². The Morgan fingerprint density at radius 2 is 2.19 bits per heavy atom. The highest BCUT2D eigenvalue weighted by atomic mass is 35.5. The van der Waals surface area contributed by atoms with Crippen LogP contribution in [0.2, 0.25) is 5.02 Å². The molecule has 0 radical (unpaired) electrons. The zero-order valence-corrected chi connectivity index (χ0v) is 17.1. The maximum Gasteiger partial charge on any atom is 0.244 e. The van der Waals surface area contributed by atoms with Crippen molar-refractivity contribution in [3.8, 4) is 5.75 Å². The van der Waals surface area contributed by atoms with E-state index in [-0.39, 0.29) is 29.4 Å². The van der Waals surface area contributed by atoms with E-state index in [0.717, 1.165) is 32.4 Å². The Morgan fingerprint density at radius 1 is 1.38 bits per heavy atom. The molecule has 2 fully saturated rings. The van der Waals surface area contributed by atoms with Gasteiger partial charge in [0.1, 0.15) is 10.6 Å². The van der Waals surface area contributed by atoms with Gasteiger partial charge in [-0.3, -0.25) is 0 Å². The fraction of sp³-hybridized carbons (Fsp3) is 0.647. The second-order valence-corrected chi connectivity index (χ2v) is 8.86. The summed E-state index contributed by atoms with van der Waals surface area (Å²) in [6, 6.07) is 4.66. The molecule has 0 aliphatic carbocycles. The second kappa shape index (κ2) is 9.57. The molecule has 3 unspecified atom stereocenters. The number of hydrogen-bond donors (Lipinski definition) is 2. The smallest absolute Gasteiger partial charge is 0.244 e. The number of sulfonamides is 1. The Kier molecular flexibility index (Phi) is 8.00. The van der Waals surface area contributed by atoms with Crippen molar-refractivity contribution in [3.63, 3.8) is 0 Å². The molecule has 26 heavy (non-hydrogen) atoms. The van der Waals surface area contributed by atoms with Crippen LogP contribution in [-0.2, 0) is 14.8 Å². The molecule has 2 heterocycles. The van der Waals surface area contributed by atoms with Crippen molar-refractivity contribution in [1.82, 2.24) is 10.0 Å². The van der Waals surface area contributed by atoms with Crippen molar-refractivity contribution in [2.45, 2.75) is 43.2 Å². The maximum atomic E-state index is 12.9. The summed E-state index contributed by atoms with van der Waals surface area (Å²) >= 11 is 6.04. The molecule has 9 heteroatoms. The van der Waals surface area contributed by atoms with Crippen LogP contribution in [0.4, 0.5) is 0 Å². The third-order valence-corrected chi connectivity index (χ3v) is 6.51. The summed E-state index contributed by atoms with van der Waals surface area (Å²) in [6.45, 7) is 4.72. The van der Waals surface area contributed by atoms with Crippen LogP contribution in [0.3, 0.4) is 0 Å². The summed E-state index contributed by atoms with van der Waals surface area (Å²) in [7, 11) is -3.72. The SMILES string of the molecule is CC1NCCCC1NS(=O)(=O)c1cc(Cl)ccc1OCC1CCOC1.Cl. The first-order chi connectivity index (χ1) is 12.0. The van der Waals surface area contributed by atoms with Crippen LogP contribution in [0, 0.1) is 5.92 Å². The van der Waals surface area contributed by atoms with Crippen LogP contribution >= 0.6 is 24.0 Å². The van der Waals surface area contributed by atoms with Crippen molar-refractivity contribution in [2.75, 3.05) is 26.4 Å². The molecule has 6 nitrogen and oxygen atoms in total. The van der Waals surface area contributed by atoms with Gasteiger partial charge >= 0.3 is 0 Å². The van der Waals surface area contributed by atoms with Gasteiger partial charge in [0.25, 0.3) is 0 Å². The molecule has 3 atom stereocenters. The van der Waals surface area contributed by atoms with Crippen LogP contribution < -0.4 is 14.8 Å². The molecule has 0 aromatic heterocycles. The van der Waals surface area contributed by atoms with Gasteiger partial charge in [-0.1, -0.05) is 11.6 Å². The first kappa shape index (κ1) is 21.7. The highest BCUT2D eigenvalue weighted by Gasteiger charge is 2.29. The van der Waals surface area contributed by atoms with Crippen LogP contribution in [-0.4, -0.2) is 46.9 Å². The number of hydrogen-bond acceptors (Lipinski definition) is 5. The van der Waals surface area contributed by atoms with Crippen LogP contribution in [0.15, 0.2) is 23.1 Å². The molecule has 1 aromatic carbocycles. The summed E-state index contributed by atoms with van der Waals surface area (Å²) in [4.78, 5) is 0.0942. The third kappa shape index (κ3) is 5.47. The van der Waals surface area contributed by atoms with E-state index in [2.05, 4.69) is 10.0 Å². The minimum atomic E-state index is -3.72. The third-order valence-electron chi connectivity index (χ3n) is 4.76. The highest BCUT2D eigenvalue weighted by Crippen LogP contribution is 2.29. The van der Waals surface area contributed by atoms with Crippen molar-refractivity contribution in [3.05, 3.63) is 23.2 Å². The fourth-order valence-corrected chi connectivity index (χ4v) is 4.96. The molecule has 2 saturated heterocycles. The molecular weight excluding hydrogens is 399 g/mol. The van der Waals surface area contributed by atoms with Crippen molar-refractivity contribution in [1.29, 1.82) is 0 Å². The monoisotopic (exact) mass is 424 g/mol. The second-order valence-electron chi connectivity index (χ2n) is 6.74. The van der Waals surface area contributed by atoms with Gasteiger partial charge in [-0.05, 0) is 50.9 Å². The molecule has 2 aliphatic rings. The lowest BCUT2D eigenvalue weighted by molar-refractivity contribution is 0.166. The summed E-state index contributed by atoms with van der Waals surface area (Å²) in [5.74, 6) is 0.627. The molecule has 0 amide bonds. The van der Waals surface area contributed by atoms with E-state index in [1.54, 1.807) is 12.1 Å². The molecule has 2 aliphatic heterocycles. The number of halogens is 2. The molecule has 1 aromatic rings. The van der Waals surface area contributed by atoms with Gasteiger partial charge in [0.05, 0.1) is 13.2 Å². The zero-order valence-electron chi connectivity index (χ0n) is 14.7. The minimum absolute atomic E-state index is 0. The largest absolute Gasteiger partial charge is 0.492 e. The molecular formula is C17H26Cl2N2O4S. The topological polar surface area (TPSA) is 76.7 Å². The summed E-state index contributed by atoms with van der Waals surface area (Å²) in [6.07, 6.45) is 2.68. The first-order valence-electron chi connectivity index (χ1n) is 8.71. The fourth-order valence-electron chi connectivity index (χ4n) is 3.20. The van der Waals surface area contributed by atoms with Gasteiger partial charge in [0.2, 0.25) is 10.0 Å². The van der Waals surface area contributed by atoms with Gasteiger partial charge < -0.3 is 14.8 Å². The number of benzene rings is 1. The Hall–Kier alpha value is -0.570. The average molecular weight is 425 g/mol. The van der Waals surface area contributed by atoms with E-state index in [1.807, 2.05) is 6.92 Å². The quantitative estimate of drug-likeness (QED) is 0.733. The number of rotatable bonds is 6. The van der Waals surface area contributed by atoms with Gasteiger partial charge in [0.15, 0.2) is 0 Å². The van der Waals surface area contributed by atoms with Gasteiger partial charge in [-0.25, -0.2) is 13.1 Å². The van der Waals surface area contributed by atoms with E-state index < -0.39 is 10.0 Å². The summed E-state index contributed by atoms with van der Waals surface area (Å²) in [5.41, 5.74) is 0. The lowest BCUT2D eigenvalue weighted by atomic mass is 10.0. The maximum absolute atomic E-state index is 12.9. The molecule has 0 spiro atoms. The van der Waals surface area contributed by atoms with Gasteiger partial charge in [-0.15, -0.1) is 12.4 Å². The molecule has 0 saturated carbocycles. The lowest BCUT2D eigenvalue weighted by Crippen LogP contribution is -2.51. The van der Waals surface area contributed by atoms with Crippen molar-refractivity contribution >= 4 is 34.0 Å². The number of nitrogens with one attached hydrogen (secondary N) is 2. The van der Waals surface area contributed by atoms with Crippen molar-refractivity contribution < 1.29 is 17.9 Å². The van der Waals surface area contributed by atoms with Crippen LogP contribution in [0.5, 0.6) is 5.75 Å². The van der Waals surface area contributed by atoms with Crippen LogP contribution in [0.1, 0.15) is 26.2 Å². The molecule has 148 valence electrons. The average Bonchev–Trinajstić information content (AvgIpc) is 3.09. The van der Waals surface area contributed by atoms with E-state index in [9.17, 15) is 8.42 Å². The van der Waals surface area contributed by atoms with E-state index in [1.165, 1.54) is 6.07 Å². The summed E-state index contributed by atoms with van der Waals surface area (Å²) in [5, 5.41) is 3.66. The molecule has 2 N–H and O–H groups in total. The minimum Gasteiger partial charge on any atom is -0.492 e. The normalized spacial score (nSPS) is 26.3. The Labute approximate surface area is 166 Å². The first-order valence-corrected chi connectivity index (χ1v) is 10.6. The summed E-state index contributed by atoms with van der Waals surface area (Å²) < 4.78 is 39.8. The predicted molar refractivity (Wildman–Crippen MR) is 104 cm³/mol. The Morgan fingerprint density at radius 3 is 2.88 bits per heavy atom. The standard InChI is InChI=1S/C17H25ClN2O4S.ClH/c1-12-15(3-2-7-19-12)20-25(21,22)17-9-14(18)4-5-16(17)24-11-13-6-8-23-10-13;/h4-5,9,12-13,15,19-20H,2-3,6-8,10-11H2,1H3;1H. The highest BCUT2D eigenvalue weighted by molar-refractivity contribution is 7.89. The van der Waals surface area contributed by atoms with Crippen molar-refractivity contribution in [2.24, 2.45) is 5.92 Å². The predicted octanol–water partition coefficient (Wildman–Crippen LogP) is 2.60. The lowest BCUT2D eigenvalue weighted by Gasteiger charge is -2.30. The Balaban J connectivity index is 0.00000243. The molecule has 0 bridgehead atoms. The number of piperidine rings is 1. The molecule has 3 rings (SSSR count). The van der Waals surface area contributed by atoms with E-state index in [0.29, 0.717) is 29.9 Å². The van der Waals surface area contributed by atoms with Crippen LogP contribution in [0.25, 0.3) is 0 Å². The van der Waals surface area contributed by atoms with Gasteiger partial charge in [-0.2, -0.15) is 0 Å². The zero-order chi connectivity index (χ0) is 17.9.